The number of amides is 1. The lowest BCUT2D eigenvalue weighted by atomic mass is 9.82. The van der Waals surface area contributed by atoms with Crippen LogP contribution < -0.4 is 0 Å². The van der Waals surface area contributed by atoms with E-state index in [-0.39, 0.29) is 18.9 Å². The minimum atomic E-state index is -0.609. The average Bonchev–Trinajstić information content (AvgIpc) is 2.69. The van der Waals surface area contributed by atoms with Crippen molar-refractivity contribution in [3.05, 3.63) is 82.6 Å². The molecule has 0 saturated carbocycles. The molecule has 4 nitrogen and oxygen atoms in total. The Morgan fingerprint density at radius 2 is 1.93 bits per heavy atom. The Bertz CT molecular complexity index is 939. The number of halogens is 2. The Morgan fingerprint density at radius 3 is 2.57 bits per heavy atom. The van der Waals surface area contributed by atoms with Crippen LogP contribution in [0.3, 0.4) is 0 Å². The fourth-order valence-electron chi connectivity index (χ4n) is 3.62. The molecule has 2 aromatic carbocycles. The first-order valence-electron chi connectivity index (χ1n) is 9.06. The quantitative estimate of drug-likeness (QED) is 0.721. The lowest BCUT2D eigenvalue weighted by Crippen LogP contribution is -2.38. The maximum atomic E-state index is 14.1. The maximum absolute atomic E-state index is 14.1. The summed E-state index contributed by atoms with van der Waals surface area (Å²) in [5, 5.41) is 0. The molecule has 3 rings (SSSR count). The van der Waals surface area contributed by atoms with Gasteiger partial charge in [0, 0.05) is 23.6 Å². The molecule has 28 heavy (non-hydrogen) atoms. The van der Waals surface area contributed by atoms with E-state index >= 15 is 0 Å². The van der Waals surface area contributed by atoms with Crippen molar-refractivity contribution < 1.29 is 23.1 Å². The van der Waals surface area contributed by atoms with Crippen LogP contribution in [-0.2, 0) is 20.9 Å². The molecule has 1 heterocycles. The Labute approximate surface area is 162 Å². The van der Waals surface area contributed by atoms with Crippen LogP contribution in [0.5, 0.6) is 0 Å². The van der Waals surface area contributed by atoms with Crippen LogP contribution in [0.2, 0.25) is 0 Å². The number of ether oxygens (including phenoxy) is 1. The van der Waals surface area contributed by atoms with Gasteiger partial charge < -0.3 is 9.64 Å². The Kier molecular flexibility index (Phi) is 5.87. The van der Waals surface area contributed by atoms with Gasteiger partial charge in [-0.05, 0) is 30.2 Å². The van der Waals surface area contributed by atoms with Crippen molar-refractivity contribution in [1.29, 1.82) is 0 Å². The Morgan fingerprint density at radius 1 is 1.18 bits per heavy atom. The predicted octanol–water partition coefficient (Wildman–Crippen LogP) is 4.32. The molecular weight excluding hydrogens is 364 g/mol. The molecule has 0 N–H and O–H groups in total. The fourth-order valence-corrected chi connectivity index (χ4v) is 3.62. The van der Waals surface area contributed by atoms with Crippen LogP contribution in [0.1, 0.15) is 36.8 Å². The van der Waals surface area contributed by atoms with Crippen LogP contribution in [0.15, 0.2) is 59.8 Å². The predicted molar refractivity (Wildman–Crippen MR) is 100 cm³/mol. The summed E-state index contributed by atoms with van der Waals surface area (Å²) in [6, 6.07) is 12.1. The van der Waals surface area contributed by atoms with Crippen molar-refractivity contribution in [1.82, 2.24) is 4.90 Å². The van der Waals surface area contributed by atoms with Crippen LogP contribution in [0.25, 0.3) is 0 Å². The molecule has 6 heteroatoms. The highest BCUT2D eigenvalue weighted by molar-refractivity contribution is 5.95. The van der Waals surface area contributed by atoms with Gasteiger partial charge in [-0.3, -0.25) is 4.79 Å². The summed E-state index contributed by atoms with van der Waals surface area (Å²) in [5.41, 5.74) is 1.67. The topological polar surface area (TPSA) is 46.6 Å². The third-order valence-corrected chi connectivity index (χ3v) is 4.94. The molecule has 1 unspecified atom stereocenters. The normalized spacial score (nSPS) is 17.1. The number of carbonyl (C=O) groups excluding carboxylic acids is 2. The number of methoxy groups -OCH3 is 1. The smallest absolute Gasteiger partial charge is 0.336 e. The third kappa shape index (κ3) is 3.81. The molecule has 0 bridgehead atoms. The highest BCUT2D eigenvalue weighted by Gasteiger charge is 2.38. The molecule has 1 atom stereocenters. The zero-order valence-electron chi connectivity index (χ0n) is 15.7. The van der Waals surface area contributed by atoms with E-state index < -0.39 is 23.5 Å². The standard InChI is InChI=1S/C22H21F2NO3/c1-3-19-21(22(27)28-2)17(14-8-6-9-16(23)11-14)12-20(26)25(19)13-15-7-4-5-10-18(15)24/h4-11,17H,3,12-13H2,1-2H3. The highest BCUT2D eigenvalue weighted by atomic mass is 19.1. The molecule has 0 radical (unpaired) electrons. The summed E-state index contributed by atoms with van der Waals surface area (Å²) >= 11 is 0. The number of hydrogen-bond donors (Lipinski definition) is 0. The third-order valence-electron chi connectivity index (χ3n) is 4.94. The molecule has 146 valence electrons. The second-order valence-electron chi connectivity index (χ2n) is 6.59. The van der Waals surface area contributed by atoms with Gasteiger partial charge in [-0.25, -0.2) is 13.6 Å². The van der Waals surface area contributed by atoms with E-state index in [1.54, 1.807) is 30.3 Å². The second-order valence-corrected chi connectivity index (χ2v) is 6.59. The van der Waals surface area contributed by atoms with Gasteiger partial charge in [0.1, 0.15) is 11.6 Å². The first kappa shape index (κ1) is 19.7. The van der Waals surface area contributed by atoms with E-state index in [2.05, 4.69) is 0 Å². The average molecular weight is 385 g/mol. The molecule has 0 aliphatic carbocycles. The molecular formula is C22H21F2NO3. The van der Waals surface area contributed by atoms with Crippen molar-refractivity contribution >= 4 is 11.9 Å². The molecule has 0 aromatic heterocycles. The lowest BCUT2D eigenvalue weighted by molar-refractivity contribution is -0.138. The molecule has 1 aliphatic rings. The van der Waals surface area contributed by atoms with Crippen LogP contribution >= 0.6 is 0 Å². The monoisotopic (exact) mass is 385 g/mol. The Hall–Kier alpha value is -3.02. The van der Waals surface area contributed by atoms with E-state index in [1.807, 2.05) is 6.92 Å². The first-order valence-corrected chi connectivity index (χ1v) is 9.06. The van der Waals surface area contributed by atoms with Crippen molar-refractivity contribution in [2.75, 3.05) is 7.11 Å². The summed E-state index contributed by atoms with van der Waals surface area (Å²) in [6.07, 6.45) is 0.349. The first-order chi connectivity index (χ1) is 13.5. The maximum Gasteiger partial charge on any atom is 0.336 e. The number of hydrogen-bond acceptors (Lipinski definition) is 3. The molecule has 1 aliphatic heterocycles. The van der Waals surface area contributed by atoms with E-state index in [0.29, 0.717) is 28.8 Å². The number of nitrogens with zero attached hydrogens (tertiary/aromatic N) is 1. The number of allylic oxidation sites excluding steroid dienone is 1. The van der Waals surface area contributed by atoms with E-state index in [1.165, 1.54) is 30.2 Å². The van der Waals surface area contributed by atoms with E-state index in [4.69, 9.17) is 4.74 Å². The molecule has 1 amide bonds. The summed E-state index contributed by atoms with van der Waals surface area (Å²) in [7, 11) is 1.27. The lowest BCUT2D eigenvalue weighted by Gasteiger charge is -2.35. The van der Waals surface area contributed by atoms with E-state index in [0.717, 1.165) is 0 Å². The molecule has 0 fully saturated rings. The van der Waals surface area contributed by atoms with Gasteiger partial charge in [0.15, 0.2) is 0 Å². The Balaban J connectivity index is 2.10. The van der Waals surface area contributed by atoms with E-state index in [9.17, 15) is 18.4 Å². The van der Waals surface area contributed by atoms with Gasteiger partial charge >= 0.3 is 5.97 Å². The van der Waals surface area contributed by atoms with Gasteiger partial charge in [-0.1, -0.05) is 37.3 Å². The fraction of sp³-hybridized carbons (Fsp3) is 0.273. The zero-order valence-corrected chi connectivity index (χ0v) is 15.7. The molecule has 0 spiro atoms. The van der Waals surface area contributed by atoms with Crippen molar-refractivity contribution in [2.24, 2.45) is 0 Å². The largest absolute Gasteiger partial charge is 0.466 e. The number of carbonyl (C=O) groups is 2. The van der Waals surface area contributed by atoms with Gasteiger partial charge in [-0.2, -0.15) is 0 Å². The highest BCUT2D eigenvalue weighted by Crippen LogP contribution is 2.39. The summed E-state index contributed by atoms with van der Waals surface area (Å²) in [4.78, 5) is 26.9. The summed E-state index contributed by atoms with van der Waals surface area (Å²) in [5.74, 6) is -2.29. The molecule has 2 aromatic rings. The van der Waals surface area contributed by atoms with Crippen LogP contribution in [0, 0.1) is 11.6 Å². The van der Waals surface area contributed by atoms with Gasteiger partial charge in [0.2, 0.25) is 5.91 Å². The minimum Gasteiger partial charge on any atom is -0.466 e. The van der Waals surface area contributed by atoms with Gasteiger partial charge in [-0.15, -0.1) is 0 Å². The molecule has 0 saturated heterocycles. The SMILES string of the molecule is CCC1=C(C(=O)OC)C(c2cccc(F)c2)CC(=O)N1Cc1ccccc1F. The van der Waals surface area contributed by atoms with Crippen LogP contribution in [-0.4, -0.2) is 23.9 Å². The van der Waals surface area contributed by atoms with Gasteiger partial charge in [0.05, 0.1) is 19.2 Å². The summed E-state index contributed by atoms with van der Waals surface area (Å²) in [6.45, 7) is 1.83. The number of benzene rings is 2. The number of esters is 1. The second kappa shape index (κ2) is 8.33. The zero-order chi connectivity index (χ0) is 20.3. The summed E-state index contributed by atoms with van der Waals surface area (Å²) < 4.78 is 32.8. The van der Waals surface area contributed by atoms with Crippen molar-refractivity contribution in [3.63, 3.8) is 0 Å². The van der Waals surface area contributed by atoms with Crippen LogP contribution in [0.4, 0.5) is 8.78 Å². The number of rotatable bonds is 5. The van der Waals surface area contributed by atoms with Crippen molar-refractivity contribution in [2.45, 2.75) is 32.2 Å². The van der Waals surface area contributed by atoms with Gasteiger partial charge in [0.25, 0.3) is 0 Å². The minimum absolute atomic E-state index is 0.0189. The van der Waals surface area contributed by atoms with Crippen molar-refractivity contribution in [3.8, 4) is 0 Å².